The number of nitrogens with zero attached hydrogens (tertiary/aromatic N) is 1. The summed E-state index contributed by atoms with van der Waals surface area (Å²) in [5.41, 5.74) is 1.85. The zero-order valence-electron chi connectivity index (χ0n) is 15.2. The van der Waals surface area contributed by atoms with Crippen LogP contribution in [0.5, 0.6) is 5.75 Å². The topological polar surface area (TPSA) is 90.0 Å². The highest BCUT2D eigenvalue weighted by molar-refractivity contribution is 7.91. The minimum absolute atomic E-state index is 0.0414. The van der Waals surface area contributed by atoms with Gasteiger partial charge in [0.2, 0.25) is 0 Å². The number of sulfone groups is 1. The first-order valence-corrected chi connectivity index (χ1v) is 11.5. The van der Waals surface area contributed by atoms with E-state index in [-0.39, 0.29) is 17.5 Å². The molecule has 3 heterocycles. The highest BCUT2D eigenvalue weighted by Crippen LogP contribution is 2.42. The third kappa shape index (κ3) is 3.64. The number of rotatable bonds is 4. The summed E-state index contributed by atoms with van der Waals surface area (Å²) in [4.78, 5) is 27.4. The number of carbonyl (C=O) groups is 2. The third-order valence-electron chi connectivity index (χ3n) is 5.00. The van der Waals surface area contributed by atoms with Crippen LogP contribution in [0.1, 0.15) is 21.7 Å². The van der Waals surface area contributed by atoms with E-state index in [1.807, 2.05) is 24.3 Å². The number of fused-ring (bicyclic) bond motifs is 3. The van der Waals surface area contributed by atoms with E-state index in [0.717, 1.165) is 21.8 Å². The van der Waals surface area contributed by atoms with Crippen molar-refractivity contribution in [3.05, 3.63) is 40.8 Å². The Morgan fingerprint density at radius 1 is 1.32 bits per heavy atom. The molecule has 1 amide bonds. The van der Waals surface area contributed by atoms with Gasteiger partial charge in [0.1, 0.15) is 17.2 Å². The zero-order chi connectivity index (χ0) is 19.9. The molecule has 9 heteroatoms. The second kappa shape index (κ2) is 7.21. The average molecular weight is 421 g/mol. The fraction of sp³-hybridized carbons (Fsp3) is 0.368. The van der Waals surface area contributed by atoms with Crippen molar-refractivity contribution < 1.29 is 27.5 Å². The van der Waals surface area contributed by atoms with Crippen LogP contribution in [0.2, 0.25) is 0 Å². The summed E-state index contributed by atoms with van der Waals surface area (Å²) in [5, 5.41) is 0. The van der Waals surface area contributed by atoms with Crippen molar-refractivity contribution in [1.29, 1.82) is 0 Å². The van der Waals surface area contributed by atoms with Gasteiger partial charge in [-0.1, -0.05) is 12.1 Å². The minimum atomic E-state index is -3.09. The Balaban J connectivity index is 1.40. The number of ether oxygens (including phenoxy) is 2. The fourth-order valence-corrected chi connectivity index (χ4v) is 6.25. The Morgan fingerprint density at radius 3 is 2.86 bits per heavy atom. The van der Waals surface area contributed by atoms with Gasteiger partial charge in [-0.15, -0.1) is 11.3 Å². The molecular weight excluding hydrogens is 402 g/mol. The minimum Gasteiger partial charge on any atom is -0.488 e. The Hall–Kier alpha value is -2.39. The van der Waals surface area contributed by atoms with Gasteiger partial charge in [-0.25, -0.2) is 13.2 Å². The number of benzene rings is 1. The second-order valence-electron chi connectivity index (χ2n) is 6.89. The molecule has 1 aromatic heterocycles. The Morgan fingerprint density at radius 2 is 2.11 bits per heavy atom. The van der Waals surface area contributed by atoms with E-state index < -0.39 is 28.3 Å². The van der Waals surface area contributed by atoms with Crippen molar-refractivity contribution in [2.45, 2.75) is 19.1 Å². The molecule has 0 N–H and O–H groups in total. The predicted octanol–water partition coefficient (Wildman–Crippen LogP) is 2.11. The summed E-state index contributed by atoms with van der Waals surface area (Å²) in [5.74, 6) is -0.164. The Kier molecular flexibility index (Phi) is 4.88. The predicted molar refractivity (Wildman–Crippen MR) is 104 cm³/mol. The molecule has 148 valence electrons. The van der Waals surface area contributed by atoms with Gasteiger partial charge in [0.25, 0.3) is 5.91 Å². The van der Waals surface area contributed by atoms with Gasteiger partial charge in [-0.3, -0.25) is 4.79 Å². The van der Waals surface area contributed by atoms with Crippen molar-refractivity contribution >= 4 is 33.1 Å². The highest BCUT2D eigenvalue weighted by Gasteiger charge is 2.33. The van der Waals surface area contributed by atoms with E-state index in [4.69, 9.17) is 9.47 Å². The maximum atomic E-state index is 12.4. The number of para-hydroxylation sites is 1. The Bertz CT molecular complexity index is 1040. The molecule has 0 aliphatic carbocycles. The number of hydrogen-bond acceptors (Lipinski definition) is 7. The van der Waals surface area contributed by atoms with Crippen LogP contribution < -0.4 is 4.74 Å². The molecule has 0 saturated carbocycles. The summed E-state index contributed by atoms with van der Waals surface area (Å²) >= 11 is 1.31. The standard InChI is InChI=1S/C19H19NO6S2/c1-20(13-6-7-28(23,24)11-13)17(21)10-26-19(22)16-8-12-9-25-15-5-3-2-4-14(15)18(12)27-16/h2-5,8,13H,6-7,9-11H2,1H3. The summed E-state index contributed by atoms with van der Waals surface area (Å²) in [6.07, 6.45) is 0.412. The third-order valence-corrected chi connectivity index (χ3v) is 7.94. The maximum Gasteiger partial charge on any atom is 0.348 e. The molecule has 2 aromatic rings. The van der Waals surface area contributed by atoms with Crippen LogP contribution >= 0.6 is 11.3 Å². The lowest BCUT2D eigenvalue weighted by Gasteiger charge is -2.23. The first-order chi connectivity index (χ1) is 13.3. The van der Waals surface area contributed by atoms with Crippen LogP contribution in [0, 0.1) is 0 Å². The van der Waals surface area contributed by atoms with Crippen LogP contribution in [-0.2, 0) is 26.0 Å². The molecule has 0 radical (unpaired) electrons. The average Bonchev–Trinajstić information content (AvgIpc) is 3.28. The molecule has 1 fully saturated rings. The smallest absolute Gasteiger partial charge is 0.348 e. The van der Waals surface area contributed by atoms with Crippen LogP contribution in [0.15, 0.2) is 30.3 Å². The summed E-state index contributed by atoms with van der Waals surface area (Å²) in [6, 6.07) is 8.99. The van der Waals surface area contributed by atoms with Crippen molar-refractivity contribution in [1.82, 2.24) is 4.90 Å². The number of likely N-dealkylation sites (N-methyl/N-ethyl adjacent to an activating group) is 1. The first kappa shape index (κ1) is 18.9. The van der Waals surface area contributed by atoms with Gasteiger partial charge in [0.15, 0.2) is 16.4 Å². The quantitative estimate of drug-likeness (QED) is 0.703. The Labute approximate surface area is 166 Å². The van der Waals surface area contributed by atoms with E-state index >= 15 is 0 Å². The largest absolute Gasteiger partial charge is 0.488 e. The zero-order valence-corrected chi connectivity index (χ0v) is 16.8. The van der Waals surface area contributed by atoms with Gasteiger partial charge in [-0.2, -0.15) is 0 Å². The normalized spacial score (nSPS) is 19.2. The molecule has 28 heavy (non-hydrogen) atoms. The van der Waals surface area contributed by atoms with Crippen LogP contribution in [0.3, 0.4) is 0 Å². The summed E-state index contributed by atoms with van der Waals surface area (Å²) in [7, 11) is -1.55. The molecule has 2 aliphatic rings. The van der Waals surface area contributed by atoms with Gasteiger partial charge >= 0.3 is 5.97 Å². The monoisotopic (exact) mass is 421 g/mol. The van der Waals surface area contributed by atoms with Gasteiger partial charge in [0, 0.05) is 29.1 Å². The van der Waals surface area contributed by atoms with E-state index in [1.54, 1.807) is 13.1 Å². The lowest BCUT2D eigenvalue weighted by atomic mass is 10.1. The van der Waals surface area contributed by atoms with E-state index in [0.29, 0.717) is 17.9 Å². The number of carbonyl (C=O) groups excluding carboxylic acids is 2. The van der Waals surface area contributed by atoms with Crippen LogP contribution in [0.25, 0.3) is 10.4 Å². The highest BCUT2D eigenvalue weighted by atomic mass is 32.2. The molecule has 1 aromatic carbocycles. The van der Waals surface area contributed by atoms with E-state index in [9.17, 15) is 18.0 Å². The molecule has 1 atom stereocenters. The van der Waals surface area contributed by atoms with E-state index in [1.165, 1.54) is 16.2 Å². The van der Waals surface area contributed by atoms with Crippen molar-refractivity contribution in [2.75, 3.05) is 25.2 Å². The number of esters is 1. The van der Waals surface area contributed by atoms with Crippen LogP contribution in [-0.4, -0.2) is 56.4 Å². The second-order valence-corrected chi connectivity index (χ2v) is 10.2. The number of hydrogen-bond donors (Lipinski definition) is 0. The lowest BCUT2D eigenvalue weighted by Crippen LogP contribution is -2.40. The van der Waals surface area contributed by atoms with Gasteiger partial charge in [-0.05, 0) is 24.6 Å². The van der Waals surface area contributed by atoms with Crippen molar-refractivity contribution in [3.8, 4) is 16.2 Å². The maximum absolute atomic E-state index is 12.4. The van der Waals surface area contributed by atoms with Crippen molar-refractivity contribution in [2.24, 2.45) is 0 Å². The summed E-state index contributed by atoms with van der Waals surface area (Å²) in [6.45, 7) is -0.0323. The number of thiophene rings is 1. The lowest BCUT2D eigenvalue weighted by molar-refractivity contribution is -0.134. The molecule has 4 rings (SSSR count). The fourth-order valence-electron chi connectivity index (χ4n) is 3.38. The molecule has 2 aliphatic heterocycles. The van der Waals surface area contributed by atoms with E-state index in [2.05, 4.69) is 0 Å². The molecule has 1 unspecified atom stereocenters. The molecule has 1 saturated heterocycles. The molecule has 7 nitrogen and oxygen atoms in total. The molecular formula is C19H19NO6S2. The van der Waals surface area contributed by atoms with Gasteiger partial charge in [0.05, 0.1) is 11.5 Å². The van der Waals surface area contributed by atoms with Gasteiger partial charge < -0.3 is 14.4 Å². The van der Waals surface area contributed by atoms with Crippen molar-refractivity contribution in [3.63, 3.8) is 0 Å². The number of amides is 1. The van der Waals surface area contributed by atoms with Crippen LogP contribution in [0.4, 0.5) is 0 Å². The first-order valence-electron chi connectivity index (χ1n) is 8.82. The SMILES string of the molecule is CN(C(=O)COC(=O)c1cc2c(s1)-c1ccccc1OC2)C1CCS(=O)(=O)C1. The molecule has 0 spiro atoms. The summed E-state index contributed by atoms with van der Waals surface area (Å²) < 4.78 is 34.0. The molecule has 0 bridgehead atoms.